The van der Waals surface area contributed by atoms with Gasteiger partial charge in [0.25, 0.3) is 0 Å². The molecule has 3 aromatic rings. The summed E-state index contributed by atoms with van der Waals surface area (Å²) in [7, 11) is 0. The molecular formula is C13H8BrCl2N3. The lowest BCUT2D eigenvalue weighted by Crippen LogP contribution is -1.93. The molecular weight excluding hydrogens is 349 g/mol. The zero-order chi connectivity index (χ0) is 13.6. The van der Waals surface area contributed by atoms with Crippen LogP contribution in [-0.2, 0) is 0 Å². The molecule has 0 fully saturated rings. The van der Waals surface area contributed by atoms with Crippen molar-refractivity contribution in [1.82, 2.24) is 9.38 Å². The van der Waals surface area contributed by atoms with Crippen LogP contribution in [0.5, 0.6) is 0 Å². The van der Waals surface area contributed by atoms with E-state index in [1.54, 1.807) is 16.5 Å². The Balaban J connectivity index is 2.28. The summed E-state index contributed by atoms with van der Waals surface area (Å²) >= 11 is 15.5. The highest BCUT2D eigenvalue weighted by Gasteiger charge is 2.13. The Morgan fingerprint density at radius 2 is 1.95 bits per heavy atom. The van der Waals surface area contributed by atoms with E-state index >= 15 is 0 Å². The van der Waals surface area contributed by atoms with Crippen molar-refractivity contribution in [2.24, 2.45) is 0 Å². The first-order valence-corrected chi connectivity index (χ1v) is 7.00. The standard InChI is InChI=1S/C13H8BrCl2N3/c14-8-6-7(3-4-9(8)15)11-12(17)19-5-1-2-10(16)13(19)18-11/h1-6H,17H2. The van der Waals surface area contributed by atoms with Gasteiger partial charge in [-0.2, -0.15) is 0 Å². The van der Waals surface area contributed by atoms with E-state index in [4.69, 9.17) is 28.9 Å². The predicted molar refractivity (Wildman–Crippen MR) is 82.8 cm³/mol. The van der Waals surface area contributed by atoms with E-state index in [2.05, 4.69) is 20.9 Å². The lowest BCUT2D eigenvalue weighted by atomic mass is 10.1. The fraction of sp³-hybridized carbons (Fsp3) is 0. The van der Waals surface area contributed by atoms with E-state index < -0.39 is 0 Å². The predicted octanol–water partition coefficient (Wildman–Crippen LogP) is 4.65. The molecule has 0 amide bonds. The first-order valence-electron chi connectivity index (χ1n) is 5.45. The van der Waals surface area contributed by atoms with Gasteiger partial charge in [0.15, 0.2) is 5.65 Å². The van der Waals surface area contributed by atoms with E-state index in [0.29, 0.717) is 27.2 Å². The Kier molecular flexibility index (Phi) is 3.17. The van der Waals surface area contributed by atoms with E-state index in [9.17, 15) is 0 Å². The van der Waals surface area contributed by atoms with Gasteiger partial charge in [-0.05, 0) is 40.2 Å². The molecule has 2 heterocycles. The van der Waals surface area contributed by atoms with Crippen LogP contribution in [-0.4, -0.2) is 9.38 Å². The number of aromatic nitrogens is 2. The first kappa shape index (κ1) is 12.8. The number of halogens is 3. The van der Waals surface area contributed by atoms with Crippen LogP contribution in [0.15, 0.2) is 41.0 Å². The topological polar surface area (TPSA) is 43.3 Å². The van der Waals surface area contributed by atoms with Crippen molar-refractivity contribution in [3.63, 3.8) is 0 Å². The normalized spacial score (nSPS) is 11.1. The maximum atomic E-state index is 6.12. The van der Waals surface area contributed by atoms with E-state index in [0.717, 1.165) is 10.0 Å². The highest BCUT2D eigenvalue weighted by molar-refractivity contribution is 9.10. The number of benzene rings is 1. The van der Waals surface area contributed by atoms with Gasteiger partial charge in [0.1, 0.15) is 11.5 Å². The summed E-state index contributed by atoms with van der Waals surface area (Å²) in [6, 6.07) is 9.17. The third kappa shape index (κ3) is 2.10. The second-order valence-corrected chi connectivity index (χ2v) is 5.69. The molecule has 1 aromatic carbocycles. The number of imidazole rings is 1. The molecule has 0 aliphatic heterocycles. The molecule has 0 radical (unpaired) electrons. The van der Waals surface area contributed by atoms with Crippen LogP contribution in [0.1, 0.15) is 0 Å². The molecule has 6 heteroatoms. The number of anilines is 1. The average molecular weight is 357 g/mol. The number of hydrogen-bond donors (Lipinski definition) is 1. The molecule has 0 saturated heterocycles. The molecule has 19 heavy (non-hydrogen) atoms. The molecule has 0 aliphatic carbocycles. The van der Waals surface area contributed by atoms with Gasteiger partial charge < -0.3 is 5.73 Å². The van der Waals surface area contributed by atoms with Crippen molar-refractivity contribution < 1.29 is 0 Å². The van der Waals surface area contributed by atoms with Gasteiger partial charge in [0, 0.05) is 16.2 Å². The van der Waals surface area contributed by atoms with Crippen LogP contribution in [0.3, 0.4) is 0 Å². The summed E-state index contributed by atoms with van der Waals surface area (Å²) in [5.74, 6) is 0.548. The Labute approximate surface area is 128 Å². The van der Waals surface area contributed by atoms with Crippen molar-refractivity contribution in [2.75, 3.05) is 5.73 Å². The van der Waals surface area contributed by atoms with Gasteiger partial charge >= 0.3 is 0 Å². The summed E-state index contributed by atoms with van der Waals surface area (Å²) in [6.07, 6.45) is 1.83. The summed E-state index contributed by atoms with van der Waals surface area (Å²) in [5, 5.41) is 1.21. The van der Waals surface area contributed by atoms with Gasteiger partial charge in [-0.15, -0.1) is 0 Å². The third-order valence-corrected chi connectivity index (χ3v) is 4.34. The zero-order valence-corrected chi connectivity index (χ0v) is 12.7. The Morgan fingerprint density at radius 1 is 1.16 bits per heavy atom. The highest BCUT2D eigenvalue weighted by atomic mass is 79.9. The number of rotatable bonds is 1. The number of fused-ring (bicyclic) bond motifs is 1. The lowest BCUT2D eigenvalue weighted by Gasteiger charge is -2.01. The van der Waals surface area contributed by atoms with Crippen molar-refractivity contribution in [1.29, 1.82) is 0 Å². The van der Waals surface area contributed by atoms with Gasteiger partial charge in [0.2, 0.25) is 0 Å². The molecule has 0 unspecified atom stereocenters. The zero-order valence-electron chi connectivity index (χ0n) is 9.57. The van der Waals surface area contributed by atoms with Crippen molar-refractivity contribution in [2.45, 2.75) is 0 Å². The van der Waals surface area contributed by atoms with Gasteiger partial charge in [-0.1, -0.05) is 29.3 Å². The second kappa shape index (κ2) is 4.71. The molecule has 3 nitrogen and oxygen atoms in total. The second-order valence-electron chi connectivity index (χ2n) is 4.02. The number of nitrogens with zero attached hydrogens (tertiary/aromatic N) is 2. The van der Waals surface area contributed by atoms with Crippen LogP contribution < -0.4 is 5.73 Å². The van der Waals surface area contributed by atoms with Crippen molar-refractivity contribution in [3.8, 4) is 11.3 Å². The molecule has 3 rings (SSSR count). The number of pyridine rings is 1. The van der Waals surface area contributed by atoms with E-state index in [1.807, 2.05) is 24.4 Å². The van der Waals surface area contributed by atoms with Crippen LogP contribution >= 0.6 is 39.1 Å². The maximum Gasteiger partial charge on any atom is 0.157 e. The number of hydrogen-bond acceptors (Lipinski definition) is 2. The molecule has 2 aromatic heterocycles. The minimum atomic E-state index is 0.548. The quantitative estimate of drug-likeness (QED) is 0.689. The van der Waals surface area contributed by atoms with Crippen molar-refractivity contribution >= 4 is 50.6 Å². The largest absolute Gasteiger partial charge is 0.383 e. The van der Waals surface area contributed by atoms with E-state index in [-0.39, 0.29) is 0 Å². The third-order valence-electron chi connectivity index (χ3n) is 2.83. The maximum absolute atomic E-state index is 6.12. The minimum absolute atomic E-state index is 0.548. The summed E-state index contributed by atoms with van der Waals surface area (Å²) < 4.78 is 2.56. The first-order chi connectivity index (χ1) is 9.08. The summed E-state index contributed by atoms with van der Waals surface area (Å²) in [6.45, 7) is 0. The van der Waals surface area contributed by atoms with Crippen LogP contribution in [0.2, 0.25) is 10.0 Å². The SMILES string of the molecule is Nc1c(-c2ccc(Cl)c(Br)c2)nc2c(Cl)cccn12. The van der Waals surface area contributed by atoms with Crippen LogP contribution in [0, 0.1) is 0 Å². The lowest BCUT2D eigenvalue weighted by molar-refractivity contribution is 1.20. The Hall–Kier alpha value is -1.23. The molecule has 0 bridgehead atoms. The smallest absolute Gasteiger partial charge is 0.157 e. The van der Waals surface area contributed by atoms with Gasteiger partial charge in [-0.3, -0.25) is 4.40 Å². The average Bonchev–Trinajstić information content (AvgIpc) is 2.72. The highest BCUT2D eigenvalue weighted by Crippen LogP contribution is 2.33. The summed E-state index contributed by atoms with van der Waals surface area (Å²) in [5.41, 5.74) is 8.33. The molecule has 0 saturated carbocycles. The fourth-order valence-electron chi connectivity index (χ4n) is 1.91. The summed E-state index contributed by atoms with van der Waals surface area (Å²) in [4.78, 5) is 4.49. The molecule has 0 spiro atoms. The molecule has 0 aliphatic rings. The Bertz CT molecular complexity index is 783. The number of nitrogens with two attached hydrogens (primary N) is 1. The van der Waals surface area contributed by atoms with Crippen LogP contribution in [0.25, 0.3) is 16.9 Å². The van der Waals surface area contributed by atoms with Crippen LogP contribution in [0.4, 0.5) is 5.82 Å². The number of nitrogen functional groups attached to an aromatic ring is 1. The van der Waals surface area contributed by atoms with Gasteiger partial charge in [-0.25, -0.2) is 4.98 Å². The van der Waals surface area contributed by atoms with Gasteiger partial charge in [0.05, 0.1) is 10.0 Å². The monoisotopic (exact) mass is 355 g/mol. The molecule has 96 valence electrons. The molecule has 0 atom stereocenters. The molecule has 2 N–H and O–H groups in total. The van der Waals surface area contributed by atoms with Crippen molar-refractivity contribution in [3.05, 3.63) is 51.0 Å². The fourth-order valence-corrected chi connectivity index (χ4v) is 2.61. The van der Waals surface area contributed by atoms with E-state index in [1.165, 1.54) is 0 Å². The Morgan fingerprint density at radius 3 is 2.63 bits per heavy atom. The minimum Gasteiger partial charge on any atom is -0.383 e.